The molecule has 0 aliphatic rings. The number of amides is 2. The molecule has 81 valence electrons. The minimum atomic E-state index is -0.148. The van der Waals surface area contributed by atoms with Gasteiger partial charge in [0.15, 0.2) is 0 Å². The highest BCUT2D eigenvalue weighted by atomic mass is 16.2. The molecule has 0 saturated carbocycles. The lowest BCUT2D eigenvalue weighted by Gasteiger charge is -2.06. The number of anilines is 1. The predicted molar refractivity (Wildman–Crippen MR) is 62.7 cm³/mol. The minimum Gasteiger partial charge on any atom is -0.338 e. The van der Waals surface area contributed by atoms with E-state index in [9.17, 15) is 4.79 Å². The van der Waals surface area contributed by atoms with E-state index in [1.165, 1.54) is 0 Å². The van der Waals surface area contributed by atoms with Crippen LogP contribution in [0.1, 0.15) is 19.3 Å². The lowest BCUT2D eigenvalue weighted by molar-refractivity contribution is 0.252. The topological polar surface area (TPSA) is 41.1 Å². The maximum absolute atomic E-state index is 11.3. The molecule has 0 aliphatic heterocycles. The van der Waals surface area contributed by atoms with Gasteiger partial charge in [-0.15, -0.1) is 0 Å². The molecule has 0 saturated heterocycles. The monoisotopic (exact) mass is 205 g/mol. The first-order valence-corrected chi connectivity index (χ1v) is 5.22. The van der Waals surface area contributed by atoms with Crippen molar-refractivity contribution in [3.8, 4) is 0 Å². The summed E-state index contributed by atoms with van der Waals surface area (Å²) in [6.45, 7) is 4.44. The number of hydrogen-bond acceptors (Lipinski definition) is 1. The smallest absolute Gasteiger partial charge is 0.319 e. The molecule has 0 heterocycles. The third kappa shape index (κ3) is 5.05. The zero-order chi connectivity index (χ0) is 10.9. The van der Waals surface area contributed by atoms with Crippen molar-refractivity contribution < 1.29 is 4.79 Å². The zero-order valence-electron chi connectivity index (χ0n) is 8.83. The highest BCUT2D eigenvalue weighted by Crippen LogP contribution is 2.04. The molecule has 1 aromatic rings. The molecule has 0 aliphatic carbocycles. The number of unbranched alkanes of at least 4 members (excludes halogenated alkanes) is 2. The van der Waals surface area contributed by atoms with E-state index in [-0.39, 0.29) is 6.03 Å². The van der Waals surface area contributed by atoms with Crippen molar-refractivity contribution in [2.24, 2.45) is 0 Å². The lowest BCUT2D eigenvalue weighted by atomic mass is 10.2. The van der Waals surface area contributed by atoms with Gasteiger partial charge < -0.3 is 10.6 Å². The highest BCUT2D eigenvalue weighted by Gasteiger charge is 1.98. The van der Waals surface area contributed by atoms with Gasteiger partial charge in [-0.05, 0) is 18.6 Å². The Morgan fingerprint density at radius 2 is 1.93 bits per heavy atom. The Kier molecular flexibility index (Phi) is 5.30. The number of hydrogen-bond donors (Lipinski definition) is 2. The summed E-state index contributed by atoms with van der Waals surface area (Å²) < 4.78 is 0. The second-order valence-corrected chi connectivity index (χ2v) is 3.31. The second kappa shape index (κ2) is 6.87. The van der Waals surface area contributed by atoms with E-state index in [1.54, 1.807) is 0 Å². The summed E-state index contributed by atoms with van der Waals surface area (Å²) in [6.07, 6.45) is 2.94. The lowest BCUT2D eigenvalue weighted by Crippen LogP contribution is -2.29. The molecule has 2 amide bonds. The van der Waals surface area contributed by atoms with Crippen molar-refractivity contribution in [3.05, 3.63) is 37.3 Å². The van der Waals surface area contributed by atoms with Crippen LogP contribution in [0.15, 0.2) is 30.3 Å². The molecule has 0 unspecified atom stereocenters. The molecule has 0 spiro atoms. The fraction of sp³-hybridized carbons (Fsp3) is 0.333. The Bertz CT molecular complexity index is 285. The first kappa shape index (κ1) is 11.6. The van der Waals surface area contributed by atoms with Crippen LogP contribution in [-0.2, 0) is 0 Å². The molecular weight excluding hydrogens is 188 g/mol. The first-order chi connectivity index (χ1) is 7.33. The maximum Gasteiger partial charge on any atom is 0.319 e. The number of urea groups is 1. The van der Waals surface area contributed by atoms with Crippen LogP contribution in [0.25, 0.3) is 0 Å². The first-order valence-electron chi connectivity index (χ1n) is 5.22. The van der Waals surface area contributed by atoms with Gasteiger partial charge in [0.05, 0.1) is 0 Å². The molecule has 0 atom stereocenters. The Morgan fingerprint density at radius 1 is 1.20 bits per heavy atom. The predicted octanol–water partition coefficient (Wildman–Crippen LogP) is 2.81. The normalized spacial score (nSPS) is 9.67. The summed E-state index contributed by atoms with van der Waals surface area (Å²) in [4.78, 5) is 11.3. The van der Waals surface area contributed by atoms with E-state index in [2.05, 4.69) is 17.6 Å². The number of carbonyl (C=O) groups excluding carboxylic acids is 1. The zero-order valence-corrected chi connectivity index (χ0v) is 8.83. The minimum absolute atomic E-state index is 0.148. The van der Waals surface area contributed by atoms with Crippen LogP contribution in [0, 0.1) is 6.92 Å². The molecule has 3 heteroatoms. The molecule has 0 aromatic heterocycles. The third-order valence-corrected chi connectivity index (χ3v) is 1.99. The summed E-state index contributed by atoms with van der Waals surface area (Å²) >= 11 is 0. The van der Waals surface area contributed by atoms with Gasteiger partial charge in [-0.3, -0.25) is 0 Å². The molecule has 1 rings (SSSR count). The van der Waals surface area contributed by atoms with Gasteiger partial charge in [-0.1, -0.05) is 38.0 Å². The van der Waals surface area contributed by atoms with Crippen molar-refractivity contribution in [2.45, 2.75) is 19.3 Å². The number of benzene rings is 1. The molecule has 15 heavy (non-hydrogen) atoms. The van der Waals surface area contributed by atoms with Gasteiger partial charge in [0.25, 0.3) is 0 Å². The van der Waals surface area contributed by atoms with Gasteiger partial charge in [-0.25, -0.2) is 4.79 Å². The van der Waals surface area contributed by atoms with Gasteiger partial charge >= 0.3 is 6.03 Å². The fourth-order valence-electron chi connectivity index (χ4n) is 1.20. The molecular formula is C12H17N2O. The van der Waals surface area contributed by atoms with Crippen LogP contribution in [-0.4, -0.2) is 12.6 Å². The third-order valence-electron chi connectivity index (χ3n) is 1.99. The van der Waals surface area contributed by atoms with Gasteiger partial charge in [0.1, 0.15) is 0 Å². The highest BCUT2D eigenvalue weighted by molar-refractivity contribution is 5.89. The quantitative estimate of drug-likeness (QED) is 0.713. The SMILES string of the molecule is [CH2]CCCCNC(=O)Nc1ccccc1. The molecule has 1 radical (unpaired) electrons. The van der Waals surface area contributed by atoms with Crippen LogP contribution >= 0.6 is 0 Å². The van der Waals surface area contributed by atoms with Crippen LogP contribution in [0.2, 0.25) is 0 Å². The van der Waals surface area contributed by atoms with Crippen LogP contribution in [0.5, 0.6) is 0 Å². The number of rotatable bonds is 5. The molecule has 0 fully saturated rings. The summed E-state index contributed by atoms with van der Waals surface area (Å²) in [5.41, 5.74) is 0.812. The van der Waals surface area contributed by atoms with Gasteiger partial charge in [0, 0.05) is 12.2 Å². The van der Waals surface area contributed by atoms with E-state index >= 15 is 0 Å². The molecule has 0 bridgehead atoms. The van der Waals surface area contributed by atoms with Crippen LogP contribution in [0.4, 0.5) is 10.5 Å². The standard InChI is InChI=1S/C12H17N2O/c1-2-3-7-10-13-12(15)14-11-8-5-4-6-9-11/h4-6,8-9H,1-3,7,10H2,(H2,13,14,15). The Hall–Kier alpha value is -1.51. The fourth-order valence-corrected chi connectivity index (χ4v) is 1.20. The molecule has 3 nitrogen and oxygen atoms in total. The van der Waals surface area contributed by atoms with E-state index in [0.29, 0.717) is 6.54 Å². The van der Waals surface area contributed by atoms with E-state index < -0.39 is 0 Å². The average Bonchev–Trinajstić information content (AvgIpc) is 2.26. The molecule has 2 N–H and O–H groups in total. The largest absolute Gasteiger partial charge is 0.338 e. The van der Waals surface area contributed by atoms with Crippen molar-refractivity contribution in [1.29, 1.82) is 0 Å². The van der Waals surface area contributed by atoms with Crippen molar-refractivity contribution in [2.75, 3.05) is 11.9 Å². The summed E-state index contributed by atoms with van der Waals surface area (Å²) in [6, 6.07) is 9.25. The average molecular weight is 205 g/mol. The van der Waals surface area contributed by atoms with E-state index in [4.69, 9.17) is 0 Å². The Labute approximate surface area is 90.9 Å². The Balaban J connectivity index is 2.19. The Morgan fingerprint density at radius 3 is 2.60 bits per heavy atom. The second-order valence-electron chi connectivity index (χ2n) is 3.31. The van der Waals surface area contributed by atoms with Crippen molar-refractivity contribution in [1.82, 2.24) is 5.32 Å². The van der Waals surface area contributed by atoms with Crippen molar-refractivity contribution in [3.63, 3.8) is 0 Å². The summed E-state index contributed by atoms with van der Waals surface area (Å²) in [5, 5.41) is 5.54. The molecule has 1 aromatic carbocycles. The van der Waals surface area contributed by atoms with Crippen LogP contribution in [0.3, 0.4) is 0 Å². The number of carbonyl (C=O) groups is 1. The van der Waals surface area contributed by atoms with Crippen LogP contribution < -0.4 is 10.6 Å². The van der Waals surface area contributed by atoms with E-state index in [1.807, 2.05) is 30.3 Å². The van der Waals surface area contributed by atoms with Gasteiger partial charge in [0.2, 0.25) is 0 Å². The van der Waals surface area contributed by atoms with Gasteiger partial charge in [-0.2, -0.15) is 0 Å². The number of para-hydroxylation sites is 1. The van der Waals surface area contributed by atoms with Crippen molar-refractivity contribution >= 4 is 11.7 Å². The summed E-state index contributed by atoms with van der Waals surface area (Å²) in [7, 11) is 0. The van der Waals surface area contributed by atoms with E-state index in [0.717, 1.165) is 24.9 Å². The maximum atomic E-state index is 11.3. The summed E-state index contributed by atoms with van der Waals surface area (Å²) in [5.74, 6) is 0. The number of nitrogens with one attached hydrogen (secondary N) is 2.